The summed E-state index contributed by atoms with van der Waals surface area (Å²) >= 11 is 0. The van der Waals surface area contributed by atoms with E-state index in [-0.39, 0.29) is 11.6 Å². The summed E-state index contributed by atoms with van der Waals surface area (Å²) in [5.74, 6) is -0.225. The van der Waals surface area contributed by atoms with E-state index in [9.17, 15) is 9.18 Å². The molecule has 15 heavy (non-hydrogen) atoms. The third kappa shape index (κ3) is 4.21. The molecule has 0 aliphatic carbocycles. The van der Waals surface area contributed by atoms with Crippen LogP contribution < -0.4 is 0 Å². The normalized spacial score (nSPS) is 10.7. The molecule has 82 valence electrons. The van der Waals surface area contributed by atoms with Crippen LogP contribution in [0.25, 0.3) is 0 Å². The molecule has 0 unspecified atom stereocenters. The Morgan fingerprint density at radius 1 is 1.27 bits per heavy atom. The van der Waals surface area contributed by atoms with E-state index in [1.54, 1.807) is 0 Å². The second-order valence-electron chi connectivity index (χ2n) is 3.84. The molecule has 1 aromatic rings. The maximum atomic E-state index is 12.6. The fourth-order valence-electron chi connectivity index (χ4n) is 1.34. The van der Waals surface area contributed by atoms with E-state index in [0.29, 0.717) is 12.0 Å². The highest BCUT2D eigenvalue weighted by molar-refractivity contribution is 5.95. The molecule has 0 radical (unpaired) electrons. The highest BCUT2D eigenvalue weighted by Gasteiger charge is 2.05. The van der Waals surface area contributed by atoms with Crippen LogP contribution in [0.15, 0.2) is 24.3 Å². The maximum Gasteiger partial charge on any atom is 0.162 e. The SMILES string of the molecule is CN(C)CCCC(=O)c1ccc(F)cc1. The molecule has 0 saturated heterocycles. The van der Waals surface area contributed by atoms with Crippen molar-refractivity contribution in [2.24, 2.45) is 0 Å². The van der Waals surface area contributed by atoms with Gasteiger partial charge in [0.1, 0.15) is 5.82 Å². The van der Waals surface area contributed by atoms with Gasteiger partial charge < -0.3 is 4.90 Å². The van der Waals surface area contributed by atoms with Crippen LogP contribution in [0.2, 0.25) is 0 Å². The molecule has 0 spiro atoms. The van der Waals surface area contributed by atoms with E-state index in [4.69, 9.17) is 0 Å². The van der Waals surface area contributed by atoms with Gasteiger partial charge in [0.2, 0.25) is 0 Å². The van der Waals surface area contributed by atoms with E-state index < -0.39 is 0 Å². The van der Waals surface area contributed by atoms with Crippen LogP contribution in [0, 0.1) is 5.82 Å². The zero-order valence-corrected chi connectivity index (χ0v) is 9.16. The van der Waals surface area contributed by atoms with Crippen molar-refractivity contribution in [3.8, 4) is 0 Å². The second kappa shape index (κ2) is 5.61. The Morgan fingerprint density at radius 3 is 2.40 bits per heavy atom. The topological polar surface area (TPSA) is 20.3 Å². The van der Waals surface area contributed by atoms with Crippen molar-refractivity contribution in [2.45, 2.75) is 12.8 Å². The van der Waals surface area contributed by atoms with Gasteiger partial charge in [0.05, 0.1) is 0 Å². The van der Waals surface area contributed by atoms with Crippen molar-refractivity contribution >= 4 is 5.78 Å². The highest BCUT2D eigenvalue weighted by atomic mass is 19.1. The number of carbonyl (C=O) groups excluding carboxylic acids is 1. The largest absolute Gasteiger partial charge is 0.309 e. The van der Waals surface area contributed by atoms with Gasteiger partial charge in [-0.2, -0.15) is 0 Å². The van der Waals surface area contributed by atoms with Crippen molar-refractivity contribution in [2.75, 3.05) is 20.6 Å². The first-order valence-corrected chi connectivity index (χ1v) is 5.03. The van der Waals surface area contributed by atoms with Gasteiger partial charge in [0, 0.05) is 12.0 Å². The molecular weight excluding hydrogens is 193 g/mol. The number of Topliss-reactive ketones (excluding diaryl/α,β-unsaturated/α-hetero) is 1. The van der Waals surface area contributed by atoms with Gasteiger partial charge in [-0.05, 0) is 51.3 Å². The fraction of sp³-hybridized carbons (Fsp3) is 0.417. The summed E-state index contributed by atoms with van der Waals surface area (Å²) < 4.78 is 12.6. The first kappa shape index (κ1) is 11.9. The number of halogens is 1. The molecular formula is C12H16FNO. The number of ketones is 1. The van der Waals surface area contributed by atoms with Gasteiger partial charge >= 0.3 is 0 Å². The van der Waals surface area contributed by atoms with Crippen LogP contribution in [-0.2, 0) is 0 Å². The molecule has 1 rings (SSSR count). The molecule has 0 heterocycles. The summed E-state index contributed by atoms with van der Waals surface area (Å²) in [5, 5.41) is 0. The Morgan fingerprint density at radius 2 is 1.87 bits per heavy atom. The van der Waals surface area contributed by atoms with Gasteiger partial charge in [0.15, 0.2) is 5.78 Å². The molecule has 0 saturated carbocycles. The van der Waals surface area contributed by atoms with Crippen LogP contribution in [0.5, 0.6) is 0 Å². The molecule has 1 aromatic carbocycles. The second-order valence-corrected chi connectivity index (χ2v) is 3.84. The Kier molecular flexibility index (Phi) is 4.43. The summed E-state index contributed by atoms with van der Waals surface area (Å²) in [5.41, 5.74) is 0.593. The predicted octanol–water partition coefficient (Wildman–Crippen LogP) is 2.35. The molecule has 0 atom stereocenters. The number of hydrogen-bond donors (Lipinski definition) is 0. The third-order valence-electron chi connectivity index (χ3n) is 2.18. The lowest BCUT2D eigenvalue weighted by atomic mass is 10.1. The minimum atomic E-state index is -0.306. The van der Waals surface area contributed by atoms with Crippen molar-refractivity contribution in [3.05, 3.63) is 35.6 Å². The molecule has 2 nitrogen and oxygen atoms in total. The van der Waals surface area contributed by atoms with Crippen LogP contribution in [-0.4, -0.2) is 31.3 Å². The van der Waals surface area contributed by atoms with Gasteiger partial charge in [-0.1, -0.05) is 0 Å². The molecule has 0 fully saturated rings. The minimum absolute atomic E-state index is 0.0804. The van der Waals surface area contributed by atoms with Crippen LogP contribution in [0.3, 0.4) is 0 Å². The molecule has 0 aromatic heterocycles. The lowest BCUT2D eigenvalue weighted by molar-refractivity contribution is 0.0977. The third-order valence-corrected chi connectivity index (χ3v) is 2.18. The molecule has 0 N–H and O–H groups in total. The Labute approximate surface area is 89.7 Å². The summed E-state index contributed by atoms with van der Waals surface area (Å²) in [7, 11) is 3.95. The molecule has 0 aliphatic rings. The van der Waals surface area contributed by atoms with Gasteiger partial charge in [0.25, 0.3) is 0 Å². The predicted molar refractivity (Wildman–Crippen MR) is 58.5 cm³/mol. The molecule has 3 heteroatoms. The van der Waals surface area contributed by atoms with Crippen molar-refractivity contribution in [3.63, 3.8) is 0 Å². The van der Waals surface area contributed by atoms with Crippen LogP contribution in [0.4, 0.5) is 4.39 Å². The minimum Gasteiger partial charge on any atom is -0.309 e. The van der Waals surface area contributed by atoms with Gasteiger partial charge in [-0.15, -0.1) is 0 Å². The number of hydrogen-bond acceptors (Lipinski definition) is 2. The molecule has 0 amide bonds. The molecule has 0 bridgehead atoms. The molecule has 0 aliphatic heterocycles. The smallest absolute Gasteiger partial charge is 0.162 e. The van der Waals surface area contributed by atoms with Crippen LogP contribution >= 0.6 is 0 Å². The Hall–Kier alpha value is -1.22. The summed E-state index contributed by atoms with van der Waals surface area (Å²) in [6.45, 7) is 0.896. The monoisotopic (exact) mass is 209 g/mol. The average Bonchev–Trinajstić information content (AvgIpc) is 2.18. The lowest BCUT2D eigenvalue weighted by Gasteiger charge is -2.08. The van der Waals surface area contributed by atoms with Gasteiger partial charge in [-0.3, -0.25) is 4.79 Å². The number of rotatable bonds is 5. The lowest BCUT2D eigenvalue weighted by Crippen LogP contribution is -2.14. The standard InChI is InChI=1S/C12H16FNO/c1-14(2)9-3-4-12(15)10-5-7-11(13)8-6-10/h5-8H,3-4,9H2,1-2H3. The quantitative estimate of drug-likeness (QED) is 0.694. The van der Waals surface area contributed by atoms with Gasteiger partial charge in [-0.25, -0.2) is 4.39 Å². The number of nitrogens with zero attached hydrogens (tertiary/aromatic N) is 1. The highest BCUT2D eigenvalue weighted by Crippen LogP contribution is 2.07. The Balaban J connectivity index is 2.43. The maximum absolute atomic E-state index is 12.6. The van der Waals surface area contributed by atoms with E-state index in [2.05, 4.69) is 0 Å². The summed E-state index contributed by atoms with van der Waals surface area (Å²) in [6.07, 6.45) is 1.35. The van der Waals surface area contributed by atoms with Crippen molar-refractivity contribution < 1.29 is 9.18 Å². The number of benzene rings is 1. The zero-order chi connectivity index (χ0) is 11.3. The first-order chi connectivity index (χ1) is 7.09. The van der Waals surface area contributed by atoms with E-state index >= 15 is 0 Å². The summed E-state index contributed by atoms with van der Waals surface area (Å²) in [4.78, 5) is 13.6. The van der Waals surface area contributed by atoms with Crippen molar-refractivity contribution in [1.82, 2.24) is 4.90 Å². The van der Waals surface area contributed by atoms with E-state index in [1.165, 1.54) is 24.3 Å². The Bertz CT molecular complexity index is 319. The first-order valence-electron chi connectivity index (χ1n) is 5.03. The summed E-state index contributed by atoms with van der Waals surface area (Å²) in [6, 6.07) is 5.71. The van der Waals surface area contributed by atoms with Crippen molar-refractivity contribution in [1.29, 1.82) is 0 Å². The van der Waals surface area contributed by atoms with E-state index in [1.807, 2.05) is 19.0 Å². The van der Waals surface area contributed by atoms with E-state index in [0.717, 1.165) is 13.0 Å². The number of carbonyl (C=O) groups is 1. The zero-order valence-electron chi connectivity index (χ0n) is 9.16. The fourth-order valence-corrected chi connectivity index (χ4v) is 1.34. The average molecular weight is 209 g/mol. The van der Waals surface area contributed by atoms with Crippen LogP contribution in [0.1, 0.15) is 23.2 Å².